The van der Waals surface area contributed by atoms with E-state index in [9.17, 15) is 0 Å². The summed E-state index contributed by atoms with van der Waals surface area (Å²) in [6.07, 6.45) is 3.61. The molecule has 0 aromatic rings. The minimum absolute atomic E-state index is 0.220. The second-order valence-corrected chi connectivity index (χ2v) is 7.56. The van der Waals surface area contributed by atoms with E-state index in [-0.39, 0.29) is 6.10 Å². The molecule has 0 aromatic heterocycles. The van der Waals surface area contributed by atoms with Crippen LogP contribution in [-0.4, -0.2) is 89.3 Å². The van der Waals surface area contributed by atoms with E-state index in [1.54, 1.807) is 7.05 Å². The summed E-state index contributed by atoms with van der Waals surface area (Å²) in [5.74, 6) is 1.53. The summed E-state index contributed by atoms with van der Waals surface area (Å²) >= 11 is 0. The molecule has 0 bridgehead atoms. The van der Waals surface area contributed by atoms with E-state index < -0.39 is 0 Å². The zero-order valence-corrected chi connectivity index (χ0v) is 16.8. The van der Waals surface area contributed by atoms with Crippen molar-refractivity contribution in [3.05, 3.63) is 0 Å². The van der Waals surface area contributed by atoms with Crippen LogP contribution in [0.15, 0.2) is 4.99 Å². The number of ether oxygens (including phenoxy) is 3. The molecule has 0 aliphatic carbocycles. The summed E-state index contributed by atoms with van der Waals surface area (Å²) in [6, 6.07) is 0. The third-order valence-corrected chi connectivity index (χ3v) is 4.70. The fourth-order valence-electron chi connectivity index (χ4n) is 3.39. The van der Waals surface area contributed by atoms with Crippen molar-refractivity contribution >= 4 is 5.96 Å². The lowest BCUT2D eigenvalue weighted by Gasteiger charge is -2.34. The largest absolute Gasteiger partial charge is 0.381 e. The summed E-state index contributed by atoms with van der Waals surface area (Å²) in [5.41, 5.74) is 0. The van der Waals surface area contributed by atoms with Crippen LogP contribution in [0.5, 0.6) is 0 Å². The molecule has 2 aliphatic heterocycles. The van der Waals surface area contributed by atoms with E-state index in [0.29, 0.717) is 12.0 Å². The zero-order valence-electron chi connectivity index (χ0n) is 16.8. The van der Waals surface area contributed by atoms with Gasteiger partial charge in [0.1, 0.15) is 0 Å². The summed E-state index contributed by atoms with van der Waals surface area (Å²) in [4.78, 5) is 6.79. The average Bonchev–Trinajstić information content (AvgIpc) is 2.64. The van der Waals surface area contributed by atoms with Crippen LogP contribution in [0.25, 0.3) is 0 Å². The Labute approximate surface area is 158 Å². The Morgan fingerprint density at radius 3 is 2.77 bits per heavy atom. The van der Waals surface area contributed by atoms with Gasteiger partial charge in [-0.3, -0.25) is 9.89 Å². The fraction of sp³-hybridized carbons (Fsp3) is 0.947. The van der Waals surface area contributed by atoms with Crippen LogP contribution in [0.4, 0.5) is 0 Å². The van der Waals surface area contributed by atoms with Gasteiger partial charge in [-0.05, 0) is 25.2 Å². The minimum Gasteiger partial charge on any atom is -0.381 e. The van der Waals surface area contributed by atoms with E-state index in [2.05, 4.69) is 34.4 Å². The summed E-state index contributed by atoms with van der Waals surface area (Å²) < 4.78 is 17.1. The molecule has 152 valence electrons. The van der Waals surface area contributed by atoms with Crippen LogP contribution in [-0.2, 0) is 14.2 Å². The van der Waals surface area contributed by atoms with E-state index in [0.717, 1.165) is 84.4 Å². The molecule has 1 unspecified atom stereocenters. The number of morpholine rings is 1. The van der Waals surface area contributed by atoms with Crippen LogP contribution in [0, 0.1) is 5.92 Å². The highest BCUT2D eigenvalue weighted by Gasteiger charge is 2.21. The molecule has 0 spiro atoms. The van der Waals surface area contributed by atoms with Crippen LogP contribution in [0.2, 0.25) is 0 Å². The van der Waals surface area contributed by atoms with Gasteiger partial charge < -0.3 is 24.8 Å². The second-order valence-electron chi connectivity index (χ2n) is 7.56. The summed E-state index contributed by atoms with van der Waals surface area (Å²) in [7, 11) is 1.81. The Morgan fingerprint density at radius 1 is 1.23 bits per heavy atom. The number of nitrogens with zero attached hydrogens (tertiary/aromatic N) is 2. The first-order valence-corrected chi connectivity index (χ1v) is 10.1. The predicted octanol–water partition coefficient (Wildman–Crippen LogP) is 1.09. The molecular weight excluding hydrogens is 332 g/mol. The molecular formula is C19H38N4O3. The topological polar surface area (TPSA) is 67.4 Å². The molecule has 2 rings (SSSR count). The lowest BCUT2D eigenvalue weighted by Crippen LogP contribution is -2.50. The van der Waals surface area contributed by atoms with E-state index >= 15 is 0 Å². The van der Waals surface area contributed by atoms with Gasteiger partial charge in [0, 0.05) is 59.6 Å². The molecule has 7 nitrogen and oxygen atoms in total. The third kappa shape index (κ3) is 8.66. The lowest BCUT2D eigenvalue weighted by molar-refractivity contribution is -0.0321. The molecule has 0 saturated carbocycles. The number of aliphatic imine (C=N–C) groups is 1. The van der Waals surface area contributed by atoms with Crippen molar-refractivity contribution in [1.29, 1.82) is 0 Å². The predicted molar refractivity (Wildman–Crippen MR) is 105 cm³/mol. The van der Waals surface area contributed by atoms with Crippen LogP contribution in [0.3, 0.4) is 0 Å². The quantitative estimate of drug-likeness (QED) is 0.360. The minimum atomic E-state index is 0.220. The highest BCUT2D eigenvalue weighted by Crippen LogP contribution is 2.10. The van der Waals surface area contributed by atoms with Gasteiger partial charge in [-0.2, -0.15) is 0 Å². The maximum Gasteiger partial charge on any atom is 0.191 e. The van der Waals surface area contributed by atoms with Crippen molar-refractivity contribution in [2.45, 2.75) is 45.3 Å². The highest BCUT2D eigenvalue weighted by atomic mass is 16.5. The molecule has 2 heterocycles. The van der Waals surface area contributed by atoms with Gasteiger partial charge in [-0.25, -0.2) is 0 Å². The Morgan fingerprint density at radius 2 is 2.04 bits per heavy atom. The van der Waals surface area contributed by atoms with E-state index in [1.807, 2.05) is 0 Å². The lowest BCUT2D eigenvalue weighted by atomic mass is 10.1. The van der Waals surface area contributed by atoms with Gasteiger partial charge in [-0.1, -0.05) is 13.8 Å². The number of guanidine groups is 1. The first-order valence-electron chi connectivity index (χ1n) is 10.1. The Hall–Kier alpha value is -0.890. The van der Waals surface area contributed by atoms with E-state index in [1.165, 1.54) is 0 Å². The van der Waals surface area contributed by atoms with Gasteiger partial charge in [0.2, 0.25) is 0 Å². The Kier molecular flexibility index (Phi) is 10.3. The molecule has 2 aliphatic rings. The molecule has 2 fully saturated rings. The van der Waals surface area contributed by atoms with Crippen molar-refractivity contribution in [3.63, 3.8) is 0 Å². The smallest absolute Gasteiger partial charge is 0.191 e. The molecule has 2 N–H and O–H groups in total. The van der Waals surface area contributed by atoms with Crippen LogP contribution in [0.1, 0.15) is 33.1 Å². The van der Waals surface area contributed by atoms with Crippen molar-refractivity contribution < 1.29 is 14.2 Å². The van der Waals surface area contributed by atoms with Gasteiger partial charge >= 0.3 is 0 Å². The van der Waals surface area contributed by atoms with Crippen molar-refractivity contribution in [2.75, 3.05) is 66.2 Å². The van der Waals surface area contributed by atoms with Gasteiger partial charge in [0.15, 0.2) is 5.96 Å². The number of hydrogen-bond acceptors (Lipinski definition) is 5. The van der Waals surface area contributed by atoms with E-state index in [4.69, 9.17) is 14.2 Å². The van der Waals surface area contributed by atoms with Gasteiger partial charge in [0.05, 0.1) is 18.8 Å². The summed E-state index contributed by atoms with van der Waals surface area (Å²) in [5, 5.41) is 6.74. The van der Waals surface area contributed by atoms with Crippen LogP contribution < -0.4 is 10.6 Å². The molecule has 0 radical (unpaired) electrons. The summed E-state index contributed by atoms with van der Waals surface area (Å²) in [6.45, 7) is 12.6. The van der Waals surface area contributed by atoms with Crippen LogP contribution >= 0.6 is 0 Å². The average molecular weight is 371 g/mol. The van der Waals surface area contributed by atoms with Gasteiger partial charge in [-0.15, -0.1) is 0 Å². The molecule has 1 atom stereocenters. The number of nitrogens with one attached hydrogen (secondary N) is 2. The SMILES string of the molecule is CN=C(NCCCOC1CCOCC1)NCC1CN(CC(C)C)CCO1. The second kappa shape index (κ2) is 12.5. The Bertz CT molecular complexity index is 400. The van der Waals surface area contributed by atoms with Crippen molar-refractivity contribution in [2.24, 2.45) is 10.9 Å². The first-order chi connectivity index (χ1) is 12.7. The highest BCUT2D eigenvalue weighted by molar-refractivity contribution is 5.79. The van der Waals surface area contributed by atoms with Crippen molar-refractivity contribution in [1.82, 2.24) is 15.5 Å². The normalized spacial score (nSPS) is 23.4. The maximum absolute atomic E-state index is 5.89. The Balaban J connectivity index is 1.54. The molecule has 26 heavy (non-hydrogen) atoms. The number of hydrogen-bond donors (Lipinski definition) is 2. The fourth-order valence-corrected chi connectivity index (χ4v) is 3.39. The molecule has 0 aromatic carbocycles. The standard InChI is InChI=1S/C19H38N4O3/c1-16(2)14-23-8-12-26-18(15-23)13-22-19(20-3)21-7-4-9-25-17-5-10-24-11-6-17/h16-18H,4-15H2,1-3H3,(H2,20,21,22). The van der Waals surface area contributed by atoms with Gasteiger partial charge in [0.25, 0.3) is 0 Å². The zero-order chi connectivity index (χ0) is 18.6. The molecule has 0 amide bonds. The first kappa shape index (κ1) is 21.4. The maximum atomic E-state index is 5.89. The monoisotopic (exact) mass is 370 g/mol. The van der Waals surface area contributed by atoms with Crippen molar-refractivity contribution in [3.8, 4) is 0 Å². The number of rotatable bonds is 9. The molecule has 7 heteroatoms. The third-order valence-electron chi connectivity index (χ3n) is 4.70. The molecule has 2 saturated heterocycles.